The quantitative estimate of drug-likeness (QED) is 0.516. The summed E-state index contributed by atoms with van der Waals surface area (Å²) < 4.78 is 5.19. The van der Waals surface area contributed by atoms with Crippen molar-refractivity contribution in [1.29, 1.82) is 0 Å². The lowest BCUT2D eigenvalue weighted by Gasteiger charge is -2.27. The molecule has 1 aliphatic heterocycles. The van der Waals surface area contributed by atoms with E-state index in [2.05, 4.69) is 25.2 Å². The normalized spacial score (nSPS) is 15.8. The zero-order valence-electron chi connectivity index (χ0n) is 18.4. The fourth-order valence-corrected chi connectivity index (χ4v) is 4.99. The highest BCUT2D eigenvalue weighted by molar-refractivity contribution is 8.00. The minimum absolute atomic E-state index is 0.0921. The number of nitrogens with one attached hydrogen (secondary N) is 1. The van der Waals surface area contributed by atoms with Gasteiger partial charge in [-0.3, -0.25) is 14.5 Å². The molecule has 1 N–H and O–H groups in total. The first-order valence-electron chi connectivity index (χ1n) is 10.6. The van der Waals surface area contributed by atoms with Crippen LogP contribution >= 0.6 is 11.8 Å². The molecule has 4 rings (SSSR count). The van der Waals surface area contributed by atoms with Crippen LogP contribution in [-0.4, -0.2) is 24.7 Å². The van der Waals surface area contributed by atoms with E-state index in [1.807, 2.05) is 47.4 Å². The summed E-state index contributed by atoms with van der Waals surface area (Å²) in [4.78, 5) is 27.3. The Bertz CT molecular complexity index is 1130. The minimum Gasteiger partial charge on any atom is -0.497 e. The van der Waals surface area contributed by atoms with E-state index in [-0.39, 0.29) is 17.2 Å². The first-order chi connectivity index (χ1) is 15.5. The molecule has 1 heterocycles. The van der Waals surface area contributed by atoms with E-state index in [1.165, 1.54) is 0 Å². The highest BCUT2D eigenvalue weighted by Crippen LogP contribution is 2.44. The fourth-order valence-electron chi connectivity index (χ4n) is 3.82. The van der Waals surface area contributed by atoms with Crippen molar-refractivity contribution in [2.24, 2.45) is 0 Å². The molecule has 6 heteroatoms. The highest BCUT2D eigenvalue weighted by Gasteiger charge is 2.35. The number of amides is 2. The Hall–Kier alpha value is -3.25. The summed E-state index contributed by atoms with van der Waals surface area (Å²) in [7, 11) is 1.57. The number of carbonyl (C=O) groups is 2. The molecule has 0 spiro atoms. The number of ether oxygens (including phenoxy) is 1. The van der Waals surface area contributed by atoms with Crippen LogP contribution < -0.4 is 15.0 Å². The van der Waals surface area contributed by atoms with Crippen LogP contribution in [0.2, 0.25) is 0 Å². The molecular weight excluding hydrogens is 420 g/mol. The number of hydrogen-bond donors (Lipinski definition) is 1. The van der Waals surface area contributed by atoms with Crippen molar-refractivity contribution >= 4 is 35.0 Å². The molecule has 0 saturated carbocycles. The van der Waals surface area contributed by atoms with Crippen LogP contribution in [0.4, 0.5) is 11.4 Å². The number of benzene rings is 3. The lowest BCUT2D eigenvalue weighted by atomic mass is 10.00. The second-order valence-corrected chi connectivity index (χ2v) is 9.02. The van der Waals surface area contributed by atoms with Gasteiger partial charge in [-0.1, -0.05) is 50.2 Å². The van der Waals surface area contributed by atoms with Crippen LogP contribution in [0.5, 0.6) is 5.75 Å². The monoisotopic (exact) mass is 446 g/mol. The molecule has 3 aromatic rings. The van der Waals surface area contributed by atoms with Crippen LogP contribution in [0.1, 0.15) is 46.6 Å². The Morgan fingerprint density at radius 1 is 1.06 bits per heavy atom. The van der Waals surface area contributed by atoms with Gasteiger partial charge in [0.05, 0.1) is 12.9 Å². The molecule has 5 nitrogen and oxygen atoms in total. The molecule has 2 amide bonds. The maximum Gasteiger partial charge on any atom is 0.255 e. The molecule has 1 fully saturated rings. The third-order valence-electron chi connectivity index (χ3n) is 5.47. The molecule has 3 aromatic carbocycles. The molecule has 0 radical (unpaired) electrons. The van der Waals surface area contributed by atoms with Crippen molar-refractivity contribution in [2.45, 2.75) is 25.1 Å². The zero-order chi connectivity index (χ0) is 22.7. The number of rotatable bonds is 6. The Labute approximate surface area is 192 Å². The fraction of sp³-hybridized carbons (Fsp3) is 0.231. The van der Waals surface area contributed by atoms with Gasteiger partial charge in [-0.05, 0) is 53.4 Å². The highest BCUT2D eigenvalue weighted by atomic mass is 32.2. The van der Waals surface area contributed by atoms with Gasteiger partial charge in [0.25, 0.3) is 5.91 Å². The van der Waals surface area contributed by atoms with E-state index in [9.17, 15) is 9.59 Å². The average Bonchev–Trinajstić information content (AvgIpc) is 3.20. The van der Waals surface area contributed by atoms with E-state index in [0.29, 0.717) is 28.7 Å². The maximum absolute atomic E-state index is 12.8. The SMILES string of the molecule is COc1cccc(C(=O)Nc2ccc(C3SCC(=O)N3c3ccccc3C(C)C)cc2)c1. The van der Waals surface area contributed by atoms with Gasteiger partial charge in [0.1, 0.15) is 11.1 Å². The second kappa shape index (κ2) is 9.49. The van der Waals surface area contributed by atoms with E-state index in [0.717, 1.165) is 16.8 Å². The Balaban J connectivity index is 1.54. The number of hydrogen-bond acceptors (Lipinski definition) is 4. The van der Waals surface area contributed by atoms with Gasteiger partial charge in [0.2, 0.25) is 5.91 Å². The Kier molecular flexibility index (Phi) is 6.51. The van der Waals surface area contributed by atoms with Crippen molar-refractivity contribution < 1.29 is 14.3 Å². The minimum atomic E-state index is -0.199. The first kappa shape index (κ1) is 22.0. The van der Waals surface area contributed by atoms with Gasteiger partial charge in [-0.15, -0.1) is 11.8 Å². The lowest BCUT2D eigenvalue weighted by Crippen LogP contribution is -2.29. The van der Waals surface area contributed by atoms with Crippen molar-refractivity contribution in [1.82, 2.24) is 0 Å². The molecule has 1 aliphatic rings. The number of nitrogens with zero attached hydrogens (tertiary/aromatic N) is 1. The van der Waals surface area contributed by atoms with Gasteiger partial charge in [-0.25, -0.2) is 0 Å². The third kappa shape index (κ3) is 4.50. The van der Waals surface area contributed by atoms with Gasteiger partial charge in [-0.2, -0.15) is 0 Å². The molecule has 32 heavy (non-hydrogen) atoms. The topological polar surface area (TPSA) is 58.6 Å². The van der Waals surface area contributed by atoms with Crippen LogP contribution in [0.3, 0.4) is 0 Å². The number of anilines is 2. The second-order valence-electron chi connectivity index (χ2n) is 7.95. The summed E-state index contributed by atoms with van der Waals surface area (Å²) in [6.07, 6.45) is 0. The number of thioether (sulfide) groups is 1. The molecule has 0 aromatic heterocycles. The Morgan fingerprint density at radius 2 is 1.81 bits per heavy atom. The van der Waals surface area contributed by atoms with Gasteiger partial charge in [0, 0.05) is 16.9 Å². The van der Waals surface area contributed by atoms with Crippen molar-refractivity contribution in [3.8, 4) is 5.75 Å². The van der Waals surface area contributed by atoms with E-state index in [4.69, 9.17) is 4.74 Å². The van der Waals surface area contributed by atoms with Crippen molar-refractivity contribution in [3.63, 3.8) is 0 Å². The smallest absolute Gasteiger partial charge is 0.255 e. The molecule has 1 atom stereocenters. The van der Waals surface area contributed by atoms with Crippen LogP contribution in [0.15, 0.2) is 72.8 Å². The van der Waals surface area contributed by atoms with Crippen LogP contribution in [0, 0.1) is 0 Å². The number of carbonyl (C=O) groups excluding carboxylic acids is 2. The largest absolute Gasteiger partial charge is 0.497 e. The van der Waals surface area contributed by atoms with Crippen LogP contribution in [-0.2, 0) is 4.79 Å². The first-order valence-corrected chi connectivity index (χ1v) is 11.6. The standard InChI is InChI=1S/C26H26N2O3S/c1-17(2)22-9-4-5-10-23(22)28-24(29)16-32-26(28)18-11-13-20(14-12-18)27-25(30)19-7-6-8-21(15-19)31-3/h4-15,17,26H,16H2,1-3H3,(H,27,30). The molecule has 164 valence electrons. The molecule has 0 bridgehead atoms. The van der Waals surface area contributed by atoms with E-state index >= 15 is 0 Å². The van der Waals surface area contributed by atoms with Crippen molar-refractivity contribution in [2.75, 3.05) is 23.1 Å². The number of para-hydroxylation sites is 1. The predicted molar refractivity (Wildman–Crippen MR) is 131 cm³/mol. The number of methoxy groups -OCH3 is 1. The zero-order valence-corrected chi connectivity index (χ0v) is 19.2. The lowest BCUT2D eigenvalue weighted by molar-refractivity contribution is -0.115. The third-order valence-corrected chi connectivity index (χ3v) is 6.68. The summed E-state index contributed by atoms with van der Waals surface area (Å²) >= 11 is 1.62. The summed E-state index contributed by atoms with van der Waals surface area (Å²) in [6.45, 7) is 4.28. The summed E-state index contributed by atoms with van der Waals surface area (Å²) in [6, 6.07) is 22.8. The van der Waals surface area contributed by atoms with Crippen molar-refractivity contribution in [3.05, 3.63) is 89.5 Å². The van der Waals surface area contributed by atoms with Gasteiger partial charge in [0.15, 0.2) is 0 Å². The summed E-state index contributed by atoms with van der Waals surface area (Å²) in [5.74, 6) is 1.32. The summed E-state index contributed by atoms with van der Waals surface area (Å²) in [5, 5.41) is 2.83. The van der Waals surface area contributed by atoms with Gasteiger partial charge >= 0.3 is 0 Å². The van der Waals surface area contributed by atoms with E-state index in [1.54, 1.807) is 43.1 Å². The van der Waals surface area contributed by atoms with E-state index < -0.39 is 0 Å². The summed E-state index contributed by atoms with van der Waals surface area (Å²) in [5.41, 5.74) is 4.39. The van der Waals surface area contributed by atoms with Crippen LogP contribution in [0.25, 0.3) is 0 Å². The van der Waals surface area contributed by atoms with Gasteiger partial charge < -0.3 is 10.1 Å². The Morgan fingerprint density at radius 3 is 2.53 bits per heavy atom. The molecule has 1 saturated heterocycles. The maximum atomic E-state index is 12.8. The molecule has 0 aliphatic carbocycles. The average molecular weight is 447 g/mol. The molecular formula is C26H26N2O3S. The molecule has 1 unspecified atom stereocenters. The predicted octanol–water partition coefficient (Wildman–Crippen LogP) is 5.85.